The largest absolute Gasteiger partial charge is 0.465 e. The molecule has 134 valence electrons. The van der Waals surface area contributed by atoms with Gasteiger partial charge in [0.1, 0.15) is 11.3 Å². The first-order valence-electron chi connectivity index (χ1n) is 8.45. The Hall–Kier alpha value is -2.28. The molecule has 1 saturated heterocycles. The number of hydrogen-bond donors (Lipinski definition) is 0. The van der Waals surface area contributed by atoms with Crippen molar-refractivity contribution in [3.63, 3.8) is 0 Å². The minimum Gasteiger partial charge on any atom is -0.465 e. The Balaban J connectivity index is 1.79. The average molecular weight is 349 g/mol. The average Bonchev–Trinajstić information content (AvgIpc) is 2.80. The third kappa shape index (κ3) is 4.04. The van der Waals surface area contributed by atoms with E-state index in [9.17, 15) is 13.6 Å². The van der Waals surface area contributed by atoms with E-state index in [1.165, 1.54) is 6.07 Å². The fourth-order valence-corrected chi connectivity index (χ4v) is 3.20. The molecule has 0 aliphatic carbocycles. The Kier molecular flexibility index (Phi) is 5.43. The van der Waals surface area contributed by atoms with Gasteiger partial charge in [-0.3, -0.25) is 14.7 Å². The zero-order chi connectivity index (χ0) is 17.8. The second-order valence-electron chi connectivity index (χ2n) is 6.04. The normalized spacial score (nSPS) is 16.0. The number of hydrogen-bond acceptors (Lipinski definition) is 5. The molecule has 1 aromatic heterocycles. The first-order chi connectivity index (χ1) is 12.1. The van der Waals surface area contributed by atoms with Gasteiger partial charge in [-0.1, -0.05) is 0 Å². The first kappa shape index (κ1) is 17.5. The molecule has 0 unspecified atom stereocenters. The SMILES string of the molecule is CCOC(=O)CN1CCCN(c2ccnc3c(F)cc(F)cc23)CC1. The van der Waals surface area contributed by atoms with Gasteiger partial charge in [0.15, 0.2) is 5.82 Å². The molecule has 2 aromatic rings. The van der Waals surface area contributed by atoms with Gasteiger partial charge in [-0.15, -0.1) is 0 Å². The lowest BCUT2D eigenvalue weighted by Gasteiger charge is -2.24. The Labute approximate surface area is 145 Å². The van der Waals surface area contributed by atoms with Gasteiger partial charge in [0.25, 0.3) is 0 Å². The Morgan fingerprint density at radius 2 is 2.08 bits per heavy atom. The molecule has 0 N–H and O–H groups in total. The standard InChI is InChI=1S/C18H21F2N3O2/c1-2-25-17(24)12-22-6-3-7-23(9-8-22)16-4-5-21-18-14(16)10-13(19)11-15(18)20/h4-5,10-11H,2-3,6-9,12H2,1H3. The molecule has 25 heavy (non-hydrogen) atoms. The summed E-state index contributed by atoms with van der Waals surface area (Å²) in [5.41, 5.74) is 0.938. The molecule has 2 heterocycles. The number of nitrogens with zero attached hydrogens (tertiary/aromatic N) is 3. The van der Waals surface area contributed by atoms with Gasteiger partial charge in [-0.2, -0.15) is 0 Å². The number of esters is 1. The van der Waals surface area contributed by atoms with Gasteiger partial charge in [-0.25, -0.2) is 8.78 Å². The summed E-state index contributed by atoms with van der Waals surface area (Å²) < 4.78 is 32.6. The van der Waals surface area contributed by atoms with Crippen LogP contribution in [-0.4, -0.2) is 55.2 Å². The predicted molar refractivity (Wildman–Crippen MR) is 91.6 cm³/mol. The molecule has 0 radical (unpaired) electrons. The van der Waals surface area contributed by atoms with Crippen molar-refractivity contribution < 1.29 is 18.3 Å². The fraction of sp³-hybridized carbons (Fsp3) is 0.444. The first-order valence-corrected chi connectivity index (χ1v) is 8.45. The summed E-state index contributed by atoms with van der Waals surface area (Å²) in [7, 11) is 0. The van der Waals surface area contributed by atoms with E-state index in [1.807, 2.05) is 4.90 Å². The van der Waals surface area contributed by atoms with E-state index in [0.29, 0.717) is 25.1 Å². The van der Waals surface area contributed by atoms with Gasteiger partial charge in [-0.05, 0) is 25.5 Å². The molecule has 0 bridgehead atoms. The van der Waals surface area contributed by atoms with Crippen LogP contribution in [0, 0.1) is 11.6 Å². The van der Waals surface area contributed by atoms with Crippen LogP contribution < -0.4 is 4.90 Å². The summed E-state index contributed by atoms with van der Waals surface area (Å²) in [5.74, 6) is -1.50. The molecule has 3 rings (SSSR count). The summed E-state index contributed by atoms with van der Waals surface area (Å²) in [6.07, 6.45) is 2.39. The molecule has 7 heteroatoms. The van der Waals surface area contributed by atoms with E-state index in [4.69, 9.17) is 4.74 Å². The second-order valence-corrected chi connectivity index (χ2v) is 6.04. The van der Waals surface area contributed by atoms with Crippen LogP contribution in [0.25, 0.3) is 10.9 Å². The maximum absolute atomic E-state index is 14.0. The quantitative estimate of drug-likeness (QED) is 0.794. The van der Waals surface area contributed by atoms with Crippen molar-refractivity contribution in [1.82, 2.24) is 9.88 Å². The van der Waals surface area contributed by atoms with Crippen LogP contribution in [0.3, 0.4) is 0 Å². The molecule has 1 aliphatic heterocycles. The number of carbonyl (C=O) groups excluding carboxylic acids is 1. The highest BCUT2D eigenvalue weighted by Gasteiger charge is 2.20. The van der Waals surface area contributed by atoms with E-state index in [1.54, 1.807) is 19.2 Å². The van der Waals surface area contributed by atoms with Crippen molar-refractivity contribution >= 4 is 22.6 Å². The van der Waals surface area contributed by atoms with E-state index in [2.05, 4.69) is 9.88 Å². The van der Waals surface area contributed by atoms with Crippen LogP contribution in [-0.2, 0) is 9.53 Å². The summed E-state index contributed by atoms with van der Waals surface area (Å²) in [6.45, 7) is 5.30. The zero-order valence-corrected chi connectivity index (χ0v) is 14.2. The lowest BCUT2D eigenvalue weighted by Crippen LogP contribution is -2.35. The summed E-state index contributed by atoms with van der Waals surface area (Å²) in [5, 5.41) is 0.471. The van der Waals surface area contributed by atoms with Crippen LogP contribution in [0.1, 0.15) is 13.3 Å². The summed E-state index contributed by atoms with van der Waals surface area (Å²) >= 11 is 0. The van der Waals surface area contributed by atoms with Gasteiger partial charge in [0, 0.05) is 49.5 Å². The summed E-state index contributed by atoms with van der Waals surface area (Å²) in [6, 6.07) is 3.95. The highest BCUT2D eigenvalue weighted by molar-refractivity contribution is 5.92. The Morgan fingerprint density at radius 1 is 1.24 bits per heavy atom. The van der Waals surface area contributed by atoms with Crippen molar-refractivity contribution in [3.8, 4) is 0 Å². The highest BCUT2D eigenvalue weighted by atomic mass is 19.1. The van der Waals surface area contributed by atoms with E-state index in [0.717, 1.165) is 31.3 Å². The third-order valence-corrected chi connectivity index (χ3v) is 4.33. The Morgan fingerprint density at radius 3 is 2.88 bits per heavy atom. The zero-order valence-electron chi connectivity index (χ0n) is 14.2. The number of ether oxygens (including phenoxy) is 1. The molecule has 1 fully saturated rings. The molecule has 0 amide bonds. The maximum Gasteiger partial charge on any atom is 0.320 e. The number of fused-ring (bicyclic) bond motifs is 1. The second kappa shape index (κ2) is 7.74. The number of benzene rings is 1. The molecular formula is C18H21F2N3O2. The van der Waals surface area contributed by atoms with Gasteiger partial charge in [0.05, 0.1) is 13.2 Å². The van der Waals surface area contributed by atoms with Crippen LogP contribution >= 0.6 is 0 Å². The maximum atomic E-state index is 14.0. The van der Waals surface area contributed by atoms with Crippen molar-refractivity contribution in [3.05, 3.63) is 36.0 Å². The number of pyridine rings is 1. The van der Waals surface area contributed by atoms with Gasteiger partial charge in [0.2, 0.25) is 0 Å². The number of rotatable bonds is 4. The molecule has 0 spiro atoms. The predicted octanol–water partition coefficient (Wildman–Crippen LogP) is 2.59. The van der Waals surface area contributed by atoms with E-state index < -0.39 is 11.6 Å². The molecule has 5 nitrogen and oxygen atoms in total. The van der Waals surface area contributed by atoms with Crippen molar-refractivity contribution in [2.24, 2.45) is 0 Å². The lowest BCUT2D eigenvalue weighted by atomic mass is 10.1. The highest BCUT2D eigenvalue weighted by Crippen LogP contribution is 2.28. The minimum atomic E-state index is -0.657. The monoisotopic (exact) mass is 349 g/mol. The number of halogens is 2. The minimum absolute atomic E-state index is 0.173. The van der Waals surface area contributed by atoms with Gasteiger partial charge < -0.3 is 9.64 Å². The number of anilines is 1. The number of aromatic nitrogens is 1. The third-order valence-electron chi connectivity index (χ3n) is 4.33. The van der Waals surface area contributed by atoms with E-state index in [-0.39, 0.29) is 18.0 Å². The van der Waals surface area contributed by atoms with Crippen molar-refractivity contribution in [2.75, 3.05) is 44.2 Å². The molecular weight excluding hydrogens is 328 g/mol. The van der Waals surface area contributed by atoms with E-state index >= 15 is 0 Å². The summed E-state index contributed by atoms with van der Waals surface area (Å²) in [4.78, 5) is 19.8. The molecule has 0 atom stereocenters. The molecule has 1 aliphatic rings. The van der Waals surface area contributed by atoms with Gasteiger partial charge >= 0.3 is 5.97 Å². The molecule has 0 saturated carbocycles. The molecule has 1 aromatic carbocycles. The lowest BCUT2D eigenvalue weighted by molar-refractivity contribution is -0.144. The van der Waals surface area contributed by atoms with Crippen LogP contribution in [0.4, 0.5) is 14.5 Å². The van der Waals surface area contributed by atoms with Crippen LogP contribution in [0.15, 0.2) is 24.4 Å². The fourth-order valence-electron chi connectivity index (χ4n) is 3.20. The van der Waals surface area contributed by atoms with Crippen LogP contribution in [0.2, 0.25) is 0 Å². The van der Waals surface area contributed by atoms with Crippen molar-refractivity contribution in [1.29, 1.82) is 0 Å². The number of carbonyl (C=O) groups is 1. The topological polar surface area (TPSA) is 45.7 Å². The van der Waals surface area contributed by atoms with Crippen molar-refractivity contribution in [2.45, 2.75) is 13.3 Å². The smallest absolute Gasteiger partial charge is 0.320 e. The Bertz CT molecular complexity index is 769. The van der Waals surface area contributed by atoms with Crippen LogP contribution in [0.5, 0.6) is 0 Å².